The second-order valence-electron chi connectivity index (χ2n) is 12.5. The molecule has 0 aromatic rings. The smallest absolute Gasteiger partial charge is 0.267 e. The monoisotopic (exact) mass is 675 g/mol. The normalized spacial score (nSPS) is 14.2. The fourth-order valence-corrected chi connectivity index (χ4v) is 5.86. The minimum Gasteiger partial charge on any atom is -0.387 e. The molecule has 0 bridgehead atoms. The fraction of sp³-hybridized carbons (Fsp3) is 0.675. The molecule has 0 spiro atoms. The third-order valence-electron chi connectivity index (χ3n) is 7.89. The molecule has 0 rings (SSSR count). The molecule has 2 atom stereocenters. The number of rotatable bonds is 32. The Morgan fingerprint density at radius 3 is 1.51 bits per heavy atom. The van der Waals surface area contributed by atoms with Crippen molar-refractivity contribution in [1.29, 1.82) is 0 Å². The third-order valence-corrected chi connectivity index (χ3v) is 8.67. The van der Waals surface area contributed by atoms with Gasteiger partial charge in [0.1, 0.15) is 0 Å². The van der Waals surface area contributed by atoms with Gasteiger partial charge in [-0.15, -0.1) is 0 Å². The Labute approximate surface area is 289 Å². The van der Waals surface area contributed by atoms with Gasteiger partial charge >= 0.3 is 0 Å². The topological polar surface area (TPSA) is 104 Å². The summed E-state index contributed by atoms with van der Waals surface area (Å²) >= 11 is 0. The van der Waals surface area contributed by atoms with Crippen LogP contribution >= 0.6 is 0 Å². The van der Waals surface area contributed by atoms with Crippen molar-refractivity contribution in [3.05, 3.63) is 72.9 Å². The Morgan fingerprint density at radius 2 is 1.02 bits per heavy atom. The largest absolute Gasteiger partial charge is 0.387 e. The lowest BCUT2D eigenvalue weighted by Crippen LogP contribution is -2.46. The minimum atomic E-state index is -4.35. The van der Waals surface area contributed by atoms with Gasteiger partial charge in [-0.05, 0) is 64.2 Å². The van der Waals surface area contributed by atoms with Crippen LogP contribution < -0.4 is 5.32 Å². The van der Waals surface area contributed by atoms with E-state index in [9.17, 15) is 22.9 Å². The van der Waals surface area contributed by atoms with Gasteiger partial charge < -0.3 is 10.4 Å². The Bertz CT molecular complexity index is 1010. The van der Waals surface area contributed by atoms with Crippen molar-refractivity contribution in [3.63, 3.8) is 0 Å². The van der Waals surface area contributed by atoms with Gasteiger partial charge in [-0.2, -0.15) is 8.42 Å². The Balaban J connectivity index is 4.02. The van der Waals surface area contributed by atoms with Crippen molar-refractivity contribution in [1.82, 2.24) is 5.32 Å². The Kier molecular flexibility index (Phi) is 32.1. The zero-order chi connectivity index (χ0) is 34.7. The summed E-state index contributed by atoms with van der Waals surface area (Å²) in [6, 6.07) is -1.07. The van der Waals surface area contributed by atoms with Gasteiger partial charge in [0.05, 0.1) is 17.9 Å². The zero-order valence-corrected chi connectivity index (χ0v) is 30.7. The van der Waals surface area contributed by atoms with E-state index in [2.05, 4.69) is 79.9 Å². The first-order valence-electron chi connectivity index (χ1n) is 18.6. The molecule has 7 heteroatoms. The molecule has 6 nitrogen and oxygen atoms in total. The number of aliphatic hydroxyl groups is 1. The summed E-state index contributed by atoms with van der Waals surface area (Å²) in [5, 5.41) is 13.1. The number of allylic oxidation sites excluding steroid dienone is 11. The Morgan fingerprint density at radius 1 is 0.596 bits per heavy atom. The molecule has 3 N–H and O–H groups in total. The fourth-order valence-electron chi connectivity index (χ4n) is 5.12. The first kappa shape index (κ1) is 44.8. The first-order valence-corrected chi connectivity index (χ1v) is 20.2. The van der Waals surface area contributed by atoms with E-state index < -0.39 is 28.0 Å². The maximum Gasteiger partial charge on any atom is 0.267 e. The predicted molar refractivity (Wildman–Crippen MR) is 202 cm³/mol. The van der Waals surface area contributed by atoms with E-state index in [1.807, 2.05) is 6.08 Å². The van der Waals surface area contributed by atoms with E-state index in [1.54, 1.807) is 0 Å². The number of hydrogen-bond acceptors (Lipinski definition) is 4. The van der Waals surface area contributed by atoms with E-state index >= 15 is 0 Å². The highest BCUT2D eigenvalue weighted by molar-refractivity contribution is 7.85. The molecule has 0 aromatic heterocycles. The molecule has 270 valence electrons. The summed E-state index contributed by atoms with van der Waals surface area (Å²) in [5.41, 5.74) is 0. The average molecular weight is 676 g/mol. The van der Waals surface area contributed by atoms with E-state index in [4.69, 9.17) is 0 Å². The number of carbonyl (C=O) groups excluding carboxylic acids is 1. The minimum absolute atomic E-state index is 0.269. The molecule has 0 fully saturated rings. The number of amides is 1. The van der Waals surface area contributed by atoms with E-state index in [1.165, 1.54) is 51.0 Å². The maximum atomic E-state index is 12.5. The number of aliphatic hydroxyl groups excluding tert-OH is 1. The summed E-state index contributed by atoms with van der Waals surface area (Å²) in [7, 11) is -4.35. The highest BCUT2D eigenvalue weighted by Gasteiger charge is 2.24. The summed E-state index contributed by atoms with van der Waals surface area (Å²) in [4.78, 5) is 12.5. The summed E-state index contributed by atoms with van der Waals surface area (Å²) in [6.07, 6.45) is 47.4. The van der Waals surface area contributed by atoms with Crippen LogP contribution in [0.15, 0.2) is 72.9 Å². The molecule has 0 saturated carbocycles. The number of nitrogens with one attached hydrogen (secondary N) is 1. The average Bonchev–Trinajstić information content (AvgIpc) is 3.03. The molecule has 47 heavy (non-hydrogen) atoms. The lowest BCUT2D eigenvalue weighted by Gasteiger charge is -2.21. The van der Waals surface area contributed by atoms with Crippen LogP contribution in [0.5, 0.6) is 0 Å². The predicted octanol–water partition coefficient (Wildman–Crippen LogP) is 10.7. The van der Waals surface area contributed by atoms with Gasteiger partial charge in [-0.25, -0.2) is 0 Å². The molecule has 0 aliphatic carbocycles. The molecule has 2 unspecified atom stereocenters. The molecule has 0 radical (unpaired) electrons. The van der Waals surface area contributed by atoms with Crippen LogP contribution in [0.1, 0.15) is 155 Å². The SMILES string of the molecule is CC/C=C\C/C=C\C/C=C\C/C=C\C/C=C\CCCCCCCC(=O)NC(CS(=O)(=O)O)C(O)/C=C/CCCCCCCCCCC. The molecule has 0 heterocycles. The summed E-state index contributed by atoms with van der Waals surface area (Å²) in [6.45, 7) is 4.37. The van der Waals surface area contributed by atoms with Crippen LogP contribution in [0, 0.1) is 0 Å². The van der Waals surface area contributed by atoms with Gasteiger partial charge in [0.25, 0.3) is 10.1 Å². The first-order chi connectivity index (χ1) is 22.8. The highest BCUT2D eigenvalue weighted by atomic mass is 32.2. The standard InChI is InChI=1S/C40H69NO5S/c1-3-5-7-9-11-13-15-16-17-18-19-20-21-22-23-24-26-28-30-32-34-36-40(43)41-38(37-47(44,45)46)39(42)35-33-31-29-27-25-14-12-10-8-6-4-2/h5,7,11,13,16-17,19-20,22-23,33,35,38-39,42H,3-4,6,8-10,12,14-15,18,21,24-32,34,36-37H2,1-2H3,(H,41,43)(H,44,45,46)/b7-5-,13-11-,17-16-,20-19-,23-22-,35-33+. The van der Waals surface area contributed by atoms with Crippen molar-refractivity contribution in [2.45, 2.75) is 167 Å². The second-order valence-corrected chi connectivity index (χ2v) is 14.0. The van der Waals surface area contributed by atoms with Crippen LogP contribution in [0.2, 0.25) is 0 Å². The molecular formula is C40H69NO5S. The van der Waals surface area contributed by atoms with Crippen LogP contribution in [0.25, 0.3) is 0 Å². The van der Waals surface area contributed by atoms with E-state index in [-0.39, 0.29) is 12.3 Å². The summed E-state index contributed by atoms with van der Waals surface area (Å²) < 4.78 is 32.3. The number of hydrogen-bond donors (Lipinski definition) is 3. The van der Waals surface area contributed by atoms with Gasteiger partial charge in [-0.3, -0.25) is 9.35 Å². The van der Waals surface area contributed by atoms with E-state index in [0.29, 0.717) is 6.42 Å². The van der Waals surface area contributed by atoms with Crippen molar-refractivity contribution in [3.8, 4) is 0 Å². The molecule has 0 aliphatic rings. The van der Waals surface area contributed by atoms with Crippen LogP contribution in [0.4, 0.5) is 0 Å². The van der Waals surface area contributed by atoms with Crippen LogP contribution in [0.3, 0.4) is 0 Å². The highest BCUT2D eigenvalue weighted by Crippen LogP contribution is 2.12. The zero-order valence-electron chi connectivity index (χ0n) is 29.9. The second kappa shape index (κ2) is 33.7. The lowest BCUT2D eigenvalue weighted by atomic mass is 10.1. The molecule has 0 aliphatic heterocycles. The van der Waals surface area contributed by atoms with Crippen molar-refractivity contribution in [2.75, 3.05) is 5.75 Å². The van der Waals surface area contributed by atoms with Gasteiger partial charge in [0.2, 0.25) is 5.91 Å². The van der Waals surface area contributed by atoms with Crippen molar-refractivity contribution in [2.24, 2.45) is 0 Å². The van der Waals surface area contributed by atoms with Crippen LogP contribution in [-0.4, -0.2) is 41.9 Å². The van der Waals surface area contributed by atoms with Gasteiger partial charge in [0.15, 0.2) is 0 Å². The lowest BCUT2D eigenvalue weighted by molar-refractivity contribution is -0.122. The third kappa shape index (κ3) is 34.9. The Hall–Kier alpha value is -2.22. The molecular weight excluding hydrogens is 607 g/mol. The van der Waals surface area contributed by atoms with Gasteiger partial charge in [-0.1, -0.05) is 157 Å². The number of unbranched alkanes of at least 4 members (excludes halogenated alkanes) is 14. The quantitative estimate of drug-likeness (QED) is 0.0374. The molecule has 0 saturated heterocycles. The molecule has 1 amide bonds. The number of carbonyl (C=O) groups is 1. The van der Waals surface area contributed by atoms with Crippen LogP contribution in [-0.2, 0) is 14.9 Å². The van der Waals surface area contributed by atoms with Gasteiger partial charge in [0, 0.05) is 6.42 Å². The van der Waals surface area contributed by atoms with E-state index in [0.717, 1.165) is 83.5 Å². The van der Waals surface area contributed by atoms with Crippen molar-refractivity contribution >= 4 is 16.0 Å². The molecule has 0 aromatic carbocycles. The van der Waals surface area contributed by atoms with Crippen molar-refractivity contribution < 1.29 is 22.9 Å². The maximum absolute atomic E-state index is 12.5. The summed E-state index contributed by atoms with van der Waals surface area (Å²) in [5.74, 6) is -1.01.